The molecule has 1 heterocycles. The van der Waals surface area contributed by atoms with E-state index in [0.29, 0.717) is 33.8 Å². The van der Waals surface area contributed by atoms with Crippen LogP contribution in [-0.2, 0) is 20.6 Å². The van der Waals surface area contributed by atoms with Gasteiger partial charge in [0.2, 0.25) is 10.0 Å². The third kappa shape index (κ3) is 5.94. The van der Waals surface area contributed by atoms with E-state index >= 15 is 0 Å². The number of carbonyl (C=O) groups is 1. The van der Waals surface area contributed by atoms with E-state index in [-0.39, 0.29) is 12.5 Å². The molecule has 10 heteroatoms. The number of hydrogen-bond acceptors (Lipinski definition) is 5. The van der Waals surface area contributed by atoms with Gasteiger partial charge in [0.1, 0.15) is 5.75 Å². The van der Waals surface area contributed by atoms with Gasteiger partial charge in [-0.25, -0.2) is 8.42 Å². The summed E-state index contributed by atoms with van der Waals surface area (Å²) in [5.41, 5.74) is 1.45. The predicted molar refractivity (Wildman–Crippen MR) is 119 cm³/mol. The van der Waals surface area contributed by atoms with Gasteiger partial charge in [0.15, 0.2) is 6.10 Å². The summed E-state index contributed by atoms with van der Waals surface area (Å²) < 4.78 is 31.2. The first kappa shape index (κ1) is 22.1. The van der Waals surface area contributed by atoms with Gasteiger partial charge in [-0.05, 0) is 35.9 Å². The summed E-state index contributed by atoms with van der Waals surface area (Å²) in [5, 5.41) is 3.89. The second kappa shape index (κ2) is 9.47. The Morgan fingerprint density at radius 2 is 2.00 bits per heavy atom. The molecule has 156 valence electrons. The van der Waals surface area contributed by atoms with E-state index in [4.69, 9.17) is 27.9 Å². The van der Waals surface area contributed by atoms with Crippen molar-refractivity contribution in [2.45, 2.75) is 11.9 Å². The minimum Gasteiger partial charge on any atom is -0.476 e. The van der Waals surface area contributed by atoms with Crippen LogP contribution in [0.1, 0.15) is 5.56 Å². The van der Waals surface area contributed by atoms with Crippen LogP contribution in [0.25, 0.3) is 0 Å². The molecule has 6 nitrogen and oxygen atoms in total. The molecule has 0 fully saturated rings. The number of benzene rings is 2. The lowest BCUT2D eigenvalue weighted by molar-refractivity contribution is -0.127. The Balaban J connectivity index is 1.55. The molecule has 3 rings (SSSR count). The SMILES string of the molecule is CS(=O)(=O)N1CC(C(=O)NCCSCc2cccc(Cl)c2)Oc2ccc(Cl)cc21. The molecule has 0 aromatic heterocycles. The lowest BCUT2D eigenvalue weighted by atomic mass is 10.2. The highest BCUT2D eigenvalue weighted by atomic mass is 35.5. The number of thioether (sulfide) groups is 1. The molecule has 2 aromatic rings. The fourth-order valence-electron chi connectivity index (χ4n) is 2.85. The van der Waals surface area contributed by atoms with Crippen LogP contribution in [0.3, 0.4) is 0 Å². The molecule has 0 saturated heterocycles. The zero-order valence-corrected chi connectivity index (χ0v) is 18.7. The number of carbonyl (C=O) groups excluding carboxylic acids is 1. The van der Waals surface area contributed by atoms with Crippen molar-refractivity contribution in [1.82, 2.24) is 5.32 Å². The van der Waals surface area contributed by atoms with Crippen molar-refractivity contribution in [3.8, 4) is 5.75 Å². The van der Waals surface area contributed by atoms with Gasteiger partial charge in [0.05, 0.1) is 18.5 Å². The summed E-state index contributed by atoms with van der Waals surface area (Å²) in [4.78, 5) is 12.5. The maximum absolute atomic E-state index is 12.5. The molecule has 0 radical (unpaired) electrons. The van der Waals surface area contributed by atoms with Crippen molar-refractivity contribution in [3.05, 3.63) is 58.1 Å². The molecule has 1 amide bonds. The number of rotatable bonds is 7. The molecular weight excluding hydrogens is 455 g/mol. The van der Waals surface area contributed by atoms with E-state index in [1.165, 1.54) is 6.07 Å². The minimum absolute atomic E-state index is 0.104. The van der Waals surface area contributed by atoms with Gasteiger partial charge in [-0.15, -0.1) is 0 Å². The maximum atomic E-state index is 12.5. The molecule has 1 aliphatic rings. The number of ether oxygens (including phenoxy) is 1. The number of anilines is 1. The molecule has 0 bridgehead atoms. The van der Waals surface area contributed by atoms with Crippen LogP contribution in [0.5, 0.6) is 5.75 Å². The molecule has 1 N–H and O–H groups in total. The lowest BCUT2D eigenvalue weighted by Crippen LogP contribution is -2.50. The first-order valence-corrected chi connectivity index (χ1v) is 12.5. The van der Waals surface area contributed by atoms with Gasteiger partial charge in [-0.3, -0.25) is 9.10 Å². The van der Waals surface area contributed by atoms with Crippen LogP contribution in [0, 0.1) is 0 Å². The predicted octanol–water partition coefficient (Wildman–Crippen LogP) is 3.57. The first-order valence-electron chi connectivity index (χ1n) is 8.78. The fourth-order valence-corrected chi connectivity index (χ4v) is 4.94. The molecular formula is C19H20Cl2N2O4S2. The molecule has 1 unspecified atom stereocenters. The number of halogens is 2. The number of sulfonamides is 1. The quantitative estimate of drug-likeness (QED) is 0.620. The average molecular weight is 475 g/mol. The topological polar surface area (TPSA) is 75.7 Å². The summed E-state index contributed by atoms with van der Waals surface area (Å²) >= 11 is 13.6. The second-order valence-corrected chi connectivity index (χ2v) is 10.4. The zero-order valence-electron chi connectivity index (χ0n) is 15.6. The number of nitrogens with one attached hydrogen (secondary N) is 1. The Hall–Kier alpha value is -1.61. The van der Waals surface area contributed by atoms with Crippen LogP contribution in [0.4, 0.5) is 5.69 Å². The van der Waals surface area contributed by atoms with Gasteiger partial charge in [-0.2, -0.15) is 11.8 Å². The van der Waals surface area contributed by atoms with E-state index in [1.54, 1.807) is 23.9 Å². The Morgan fingerprint density at radius 1 is 1.24 bits per heavy atom. The zero-order chi connectivity index (χ0) is 21.0. The van der Waals surface area contributed by atoms with E-state index < -0.39 is 16.1 Å². The van der Waals surface area contributed by atoms with Crippen molar-refractivity contribution in [3.63, 3.8) is 0 Å². The van der Waals surface area contributed by atoms with Crippen molar-refractivity contribution in [2.75, 3.05) is 29.4 Å². The van der Waals surface area contributed by atoms with Crippen LogP contribution < -0.4 is 14.4 Å². The van der Waals surface area contributed by atoms with Gasteiger partial charge >= 0.3 is 0 Å². The highest BCUT2D eigenvalue weighted by Crippen LogP contribution is 2.37. The summed E-state index contributed by atoms with van der Waals surface area (Å²) in [6, 6.07) is 12.3. The number of hydrogen-bond donors (Lipinski definition) is 1. The van der Waals surface area contributed by atoms with Gasteiger partial charge in [0.25, 0.3) is 5.91 Å². The number of fused-ring (bicyclic) bond motifs is 1. The Bertz CT molecular complexity index is 1000. The Labute approximate surface area is 184 Å². The lowest BCUT2D eigenvalue weighted by Gasteiger charge is -2.34. The summed E-state index contributed by atoms with van der Waals surface area (Å²) in [6.45, 7) is 0.337. The van der Waals surface area contributed by atoms with Gasteiger partial charge in [-0.1, -0.05) is 35.3 Å². The summed E-state index contributed by atoms with van der Waals surface area (Å²) in [7, 11) is -3.59. The molecule has 29 heavy (non-hydrogen) atoms. The minimum atomic E-state index is -3.59. The van der Waals surface area contributed by atoms with Crippen molar-refractivity contribution in [1.29, 1.82) is 0 Å². The largest absolute Gasteiger partial charge is 0.476 e. The van der Waals surface area contributed by atoms with Crippen LogP contribution >= 0.6 is 35.0 Å². The molecule has 0 saturated carbocycles. The molecule has 1 atom stereocenters. The van der Waals surface area contributed by atoms with Gasteiger partial charge < -0.3 is 10.1 Å². The third-order valence-corrected chi connectivity index (χ3v) is 6.83. The van der Waals surface area contributed by atoms with Crippen LogP contribution in [0.15, 0.2) is 42.5 Å². The highest BCUT2D eigenvalue weighted by molar-refractivity contribution is 7.98. The van der Waals surface area contributed by atoms with Gasteiger partial charge in [0, 0.05) is 28.1 Å². The van der Waals surface area contributed by atoms with Crippen LogP contribution in [-0.4, -0.2) is 45.5 Å². The standard InChI is InChI=1S/C19H20Cl2N2O4S2/c1-29(25,26)23-11-18(27-17-6-5-15(21)10-16(17)23)19(24)22-7-8-28-12-13-3-2-4-14(20)9-13/h2-6,9-10,18H,7-8,11-12H2,1H3,(H,22,24). The summed E-state index contributed by atoms with van der Waals surface area (Å²) in [6.07, 6.45) is 0.154. The molecule has 0 spiro atoms. The Morgan fingerprint density at radius 3 is 2.72 bits per heavy atom. The average Bonchev–Trinajstić information content (AvgIpc) is 2.66. The molecule has 1 aliphatic heterocycles. The number of nitrogens with zero attached hydrogens (tertiary/aromatic N) is 1. The van der Waals surface area contributed by atoms with Crippen molar-refractivity contribution < 1.29 is 17.9 Å². The van der Waals surface area contributed by atoms with Crippen molar-refractivity contribution in [2.24, 2.45) is 0 Å². The number of amides is 1. The molecule has 0 aliphatic carbocycles. The third-order valence-electron chi connectivity index (χ3n) is 4.19. The summed E-state index contributed by atoms with van der Waals surface area (Å²) in [5.74, 6) is 1.43. The second-order valence-electron chi connectivity index (χ2n) is 6.49. The normalized spacial score (nSPS) is 16.1. The van der Waals surface area contributed by atoms with Crippen LogP contribution in [0.2, 0.25) is 10.0 Å². The maximum Gasteiger partial charge on any atom is 0.263 e. The first-order chi connectivity index (χ1) is 13.7. The van der Waals surface area contributed by atoms with E-state index in [9.17, 15) is 13.2 Å². The smallest absolute Gasteiger partial charge is 0.263 e. The monoisotopic (exact) mass is 474 g/mol. The fraction of sp³-hybridized carbons (Fsp3) is 0.316. The van der Waals surface area contributed by atoms with E-state index in [1.807, 2.05) is 24.3 Å². The van der Waals surface area contributed by atoms with Crippen molar-refractivity contribution >= 4 is 56.6 Å². The molecule has 2 aromatic carbocycles. The highest BCUT2D eigenvalue weighted by Gasteiger charge is 2.35. The van der Waals surface area contributed by atoms with E-state index in [0.717, 1.165) is 21.9 Å². The Kier molecular flexibility index (Phi) is 7.21. The van der Waals surface area contributed by atoms with E-state index in [2.05, 4.69) is 5.32 Å².